The Morgan fingerprint density at radius 3 is 3.08 bits per heavy atom. The minimum atomic E-state index is 0.321. The summed E-state index contributed by atoms with van der Waals surface area (Å²) in [6, 6.07) is 1.28. The third-order valence-corrected chi connectivity index (χ3v) is 3.54. The Balaban J connectivity index is 1.87. The first-order chi connectivity index (χ1) is 6.24. The van der Waals surface area contributed by atoms with Crippen LogP contribution in [0, 0.1) is 5.92 Å². The maximum absolute atomic E-state index is 6.07. The molecule has 2 rings (SSSR count). The summed E-state index contributed by atoms with van der Waals surface area (Å²) in [4.78, 5) is 0. The number of hydrogen-bond donors (Lipinski definition) is 2. The van der Waals surface area contributed by atoms with Gasteiger partial charge in [-0.05, 0) is 19.8 Å². The van der Waals surface area contributed by atoms with Gasteiger partial charge in [-0.2, -0.15) is 0 Å². The molecular weight excluding hydrogens is 164 g/mol. The van der Waals surface area contributed by atoms with E-state index in [1.807, 2.05) is 0 Å². The first-order valence-corrected chi connectivity index (χ1v) is 5.37. The fourth-order valence-corrected chi connectivity index (χ4v) is 2.40. The third kappa shape index (κ3) is 1.49. The summed E-state index contributed by atoms with van der Waals surface area (Å²) >= 11 is 0. The van der Waals surface area contributed by atoms with Crippen molar-refractivity contribution in [1.82, 2.24) is 5.32 Å². The molecule has 3 N–H and O–H groups in total. The van der Waals surface area contributed by atoms with Gasteiger partial charge in [-0.25, -0.2) is 0 Å². The van der Waals surface area contributed by atoms with Crippen LogP contribution in [0.3, 0.4) is 0 Å². The van der Waals surface area contributed by atoms with Crippen LogP contribution in [-0.4, -0.2) is 30.8 Å². The van der Waals surface area contributed by atoms with E-state index in [-0.39, 0.29) is 0 Å². The Morgan fingerprint density at radius 1 is 1.62 bits per heavy atom. The number of ether oxygens (including phenoxy) is 1. The lowest BCUT2D eigenvalue weighted by atomic mass is 9.72. The molecule has 1 heterocycles. The highest BCUT2D eigenvalue weighted by Crippen LogP contribution is 2.37. The molecular formula is C10H20N2O. The molecule has 1 saturated carbocycles. The molecule has 0 aromatic heterocycles. The van der Waals surface area contributed by atoms with Crippen molar-refractivity contribution in [2.75, 3.05) is 6.61 Å². The van der Waals surface area contributed by atoms with Crippen LogP contribution in [0.1, 0.15) is 26.7 Å². The second-order valence-electron chi connectivity index (χ2n) is 4.37. The van der Waals surface area contributed by atoms with Crippen molar-refractivity contribution >= 4 is 0 Å². The van der Waals surface area contributed by atoms with Crippen molar-refractivity contribution in [1.29, 1.82) is 0 Å². The molecule has 3 nitrogen and oxygen atoms in total. The van der Waals surface area contributed by atoms with Gasteiger partial charge >= 0.3 is 0 Å². The molecule has 5 unspecified atom stereocenters. The van der Waals surface area contributed by atoms with Gasteiger partial charge in [-0.3, -0.25) is 0 Å². The first kappa shape index (κ1) is 9.44. The van der Waals surface area contributed by atoms with Gasteiger partial charge in [0.25, 0.3) is 0 Å². The van der Waals surface area contributed by atoms with Gasteiger partial charge in [-0.1, -0.05) is 6.92 Å². The number of rotatable bonds is 3. The minimum Gasteiger partial charge on any atom is -0.376 e. The molecule has 0 aromatic rings. The summed E-state index contributed by atoms with van der Waals surface area (Å²) in [6.07, 6.45) is 2.72. The normalized spacial score (nSPS) is 45.5. The zero-order chi connectivity index (χ0) is 9.42. The van der Waals surface area contributed by atoms with Gasteiger partial charge in [-0.15, -0.1) is 0 Å². The predicted octanol–water partition coefficient (Wildman–Crippen LogP) is 0.489. The second-order valence-corrected chi connectivity index (χ2v) is 4.37. The van der Waals surface area contributed by atoms with Crippen LogP contribution >= 0.6 is 0 Å². The van der Waals surface area contributed by atoms with Gasteiger partial charge in [0.1, 0.15) is 0 Å². The molecule has 1 aliphatic heterocycles. The average molecular weight is 184 g/mol. The Labute approximate surface area is 80.0 Å². The molecule has 0 amide bonds. The number of nitrogens with two attached hydrogens (primary N) is 1. The molecule has 0 bridgehead atoms. The molecule has 0 aromatic carbocycles. The fourth-order valence-electron chi connectivity index (χ4n) is 2.40. The van der Waals surface area contributed by atoms with Crippen molar-refractivity contribution in [3.05, 3.63) is 0 Å². The second kappa shape index (κ2) is 3.56. The Bertz CT molecular complexity index is 186. The van der Waals surface area contributed by atoms with Gasteiger partial charge in [0.15, 0.2) is 0 Å². The monoisotopic (exact) mass is 184 g/mol. The SMILES string of the molecule is CCC(C)NC1C(N)C2CCOC21. The average Bonchev–Trinajstić information content (AvgIpc) is 2.58. The van der Waals surface area contributed by atoms with E-state index in [0.29, 0.717) is 30.1 Å². The van der Waals surface area contributed by atoms with Crippen LogP contribution in [0.2, 0.25) is 0 Å². The summed E-state index contributed by atoms with van der Waals surface area (Å²) in [5.41, 5.74) is 6.07. The maximum Gasteiger partial charge on any atom is 0.0787 e. The molecule has 0 radical (unpaired) electrons. The van der Waals surface area contributed by atoms with E-state index in [9.17, 15) is 0 Å². The van der Waals surface area contributed by atoms with Crippen molar-refractivity contribution in [2.45, 2.75) is 50.9 Å². The van der Waals surface area contributed by atoms with Crippen LogP contribution in [0.25, 0.3) is 0 Å². The highest BCUT2D eigenvalue weighted by Gasteiger charge is 2.52. The topological polar surface area (TPSA) is 47.3 Å². The van der Waals surface area contributed by atoms with Gasteiger partial charge < -0.3 is 15.8 Å². The van der Waals surface area contributed by atoms with Crippen LogP contribution in [0.15, 0.2) is 0 Å². The first-order valence-electron chi connectivity index (χ1n) is 5.37. The van der Waals surface area contributed by atoms with E-state index in [0.717, 1.165) is 19.4 Å². The third-order valence-electron chi connectivity index (χ3n) is 3.54. The zero-order valence-corrected chi connectivity index (χ0v) is 8.49. The smallest absolute Gasteiger partial charge is 0.0787 e. The lowest BCUT2D eigenvalue weighted by Gasteiger charge is -2.47. The van der Waals surface area contributed by atoms with E-state index in [1.165, 1.54) is 0 Å². The standard InChI is InChI=1S/C10H20N2O/c1-3-6(2)12-9-8(11)7-4-5-13-10(7)9/h6-10,12H,3-5,11H2,1-2H3. The van der Waals surface area contributed by atoms with Crippen LogP contribution < -0.4 is 11.1 Å². The van der Waals surface area contributed by atoms with E-state index >= 15 is 0 Å². The number of nitrogens with one attached hydrogen (secondary N) is 1. The molecule has 1 aliphatic carbocycles. The molecule has 5 atom stereocenters. The number of fused-ring (bicyclic) bond motifs is 1. The van der Waals surface area contributed by atoms with Crippen molar-refractivity contribution in [3.63, 3.8) is 0 Å². The Kier molecular flexibility index (Phi) is 2.58. The van der Waals surface area contributed by atoms with Crippen LogP contribution in [-0.2, 0) is 4.74 Å². The number of hydrogen-bond acceptors (Lipinski definition) is 3. The van der Waals surface area contributed by atoms with E-state index in [4.69, 9.17) is 10.5 Å². The summed E-state index contributed by atoms with van der Waals surface area (Å²) in [6.45, 7) is 5.30. The summed E-state index contributed by atoms with van der Waals surface area (Å²) < 4.78 is 5.64. The molecule has 2 aliphatic rings. The Morgan fingerprint density at radius 2 is 2.38 bits per heavy atom. The van der Waals surface area contributed by atoms with E-state index in [2.05, 4.69) is 19.2 Å². The fraction of sp³-hybridized carbons (Fsp3) is 1.00. The highest BCUT2D eigenvalue weighted by molar-refractivity contribution is 5.08. The van der Waals surface area contributed by atoms with Crippen LogP contribution in [0.4, 0.5) is 0 Å². The quantitative estimate of drug-likeness (QED) is 0.671. The molecule has 76 valence electrons. The lowest BCUT2D eigenvalue weighted by Crippen LogP contribution is -2.69. The van der Waals surface area contributed by atoms with Gasteiger partial charge in [0.2, 0.25) is 0 Å². The van der Waals surface area contributed by atoms with Crippen molar-refractivity contribution < 1.29 is 4.74 Å². The molecule has 2 fully saturated rings. The molecule has 13 heavy (non-hydrogen) atoms. The largest absolute Gasteiger partial charge is 0.376 e. The van der Waals surface area contributed by atoms with E-state index < -0.39 is 0 Å². The molecule has 3 heteroatoms. The molecule has 0 spiro atoms. The van der Waals surface area contributed by atoms with Crippen molar-refractivity contribution in [2.24, 2.45) is 11.7 Å². The van der Waals surface area contributed by atoms with Gasteiger partial charge in [0, 0.05) is 30.7 Å². The molecule has 1 saturated heterocycles. The summed E-state index contributed by atoms with van der Waals surface area (Å²) in [5, 5.41) is 3.54. The minimum absolute atomic E-state index is 0.321. The van der Waals surface area contributed by atoms with Crippen molar-refractivity contribution in [3.8, 4) is 0 Å². The summed E-state index contributed by atoms with van der Waals surface area (Å²) in [5.74, 6) is 0.626. The van der Waals surface area contributed by atoms with E-state index in [1.54, 1.807) is 0 Å². The zero-order valence-electron chi connectivity index (χ0n) is 8.49. The lowest BCUT2D eigenvalue weighted by molar-refractivity contribution is -0.0219. The predicted molar refractivity (Wildman–Crippen MR) is 52.5 cm³/mol. The van der Waals surface area contributed by atoms with Gasteiger partial charge in [0.05, 0.1) is 6.10 Å². The Hall–Kier alpha value is -0.120. The van der Waals surface area contributed by atoms with Crippen LogP contribution in [0.5, 0.6) is 0 Å². The maximum atomic E-state index is 6.07. The summed E-state index contributed by atoms with van der Waals surface area (Å²) in [7, 11) is 0. The highest BCUT2D eigenvalue weighted by atomic mass is 16.5.